The Morgan fingerprint density at radius 1 is 1.29 bits per heavy atom. The summed E-state index contributed by atoms with van der Waals surface area (Å²) in [6, 6.07) is 10.1. The first kappa shape index (κ1) is 19.9. The lowest BCUT2D eigenvalue weighted by molar-refractivity contribution is -0.145. The average molecular weight is 384 g/mol. The Hall–Kier alpha value is -2.90. The van der Waals surface area contributed by atoms with Crippen LogP contribution >= 0.6 is 0 Å². The molecular weight excluding hydrogens is 356 g/mol. The quantitative estimate of drug-likeness (QED) is 0.478. The van der Waals surface area contributed by atoms with Crippen LogP contribution in [0.5, 0.6) is 0 Å². The summed E-state index contributed by atoms with van der Waals surface area (Å²) in [5.41, 5.74) is 1.13. The maximum Gasteiger partial charge on any atom is 0.310 e. The molecule has 1 aliphatic heterocycles. The number of aryl methyl sites for hydroxylation is 1. The van der Waals surface area contributed by atoms with Crippen molar-refractivity contribution in [3.63, 3.8) is 0 Å². The molecule has 1 fully saturated rings. The number of carbonyl (C=O) groups is 1. The van der Waals surface area contributed by atoms with Crippen molar-refractivity contribution < 1.29 is 9.53 Å². The van der Waals surface area contributed by atoms with Gasteiger partial charge >= 0.3 is 5.97 Å². The molecule has 2 unspecified atom stereocenters. The average Bonchev–Trinajstić information content (AvgIpc) is 3.25. The van der Waals surface area contributed by atoms with Crippen molar-refractivity contribution in [1.82, 2.24) is 25.0 Å². The molecule has 1 N–H and O–H groups in total. The highest BCUT2D eigenvalue weighted by Crippen LogP contribution is 2.24. The zero-order valence-corrected chi connectivity index (χ0v) is 16.9. The van der Waals surface area contributed by atoms with Gasteiger partial charge in [-0.15, -0.1) is 10.2 Å². The highest BCUT2D eigenvalue weighted by Gasteiger charge is 2.37. The van der Waals surface area contributed by atoms with Gasteiger partial charge < -0.3 is 19.5 Å². The summed E-state index contributed by atoms with van der Waals surface area (Å²) < 4.78 is 6.91. The highest BCUT2D eigenvalue weighted by atomic mass is 16.5. The number of aromatic nitrogens is 3. The van der Waals surface area contributed by atoms with Gasteiger partial charge in [0.15, 0.2) is 11.8 Å². The summed E-state index contributed by atoms with van der Waals surface area (Å²) in [7, 11) is 3.38. The third-order valence-electron chi connectivity index (χ3n) is 5.26. The van der Waals surface area contributed by atoms with Gasteiger partial charge in [-0.3, -0.25) is 4.79 Å². The molecule has 1 aromatic carbocycles. The molecule has 0 spiro atoms. The Labute approximate surface area is 165 Å². The van der Waals surface area contributed by atoms with Gasteiger partial charge in [0.05, 0.1) is 26.1 Å². The Bertz CT molecular complexity index is 832. The van der Waals surface area contributed by atoms with Crippen LogP contribution < -0.4 is 5.32 Å². The number of hydrogen-bond donors (Lipinski definition) is 1. The number of methoxy groups -OCH3 is 1. The van der Waals surface area contributed by atoms with Crippen molar-refractivity contribution in [3.05, 3.63) is 47.5 Å². The van der Waals surface area contributed by atoms with Crippen molar-refractivity contribution in [1.29, 1.82) is 0 Å². The van der Waals surface area contributed by atoms with E-state index in [2.05, 4.69) is 39.5 Å². The predicted molar refractivity (Wildman–Crippen MR) is 106 cm³/mol. The van der Waals surface area contributed by atoms with E-state index in [-0.39, 0.29) is 17.8 Å². The molecule has 0 bridgehead atoms. The molecule has 150 valence electrons. The minimum atomic E-state index is -0.165. The number of guanidine groups is 1. The smallest absolute Gasteiger partial charge is 0.310 e. The minimum absolute atomic E-state index is 0.147. The number of esters is 1. The molecule has 2 atom stereocenters. The van der Waals surface area contributed by atoms with Crippen LogP contribution in [0.15, 0.2) is 35.3 Å². The number of benzene rings is 1. The standard InChI is InChI=1S/C20H28N6O2/c1-14-12-26(13-17(14)19(27)28-4)20(21-10-16-8-6-5-7-9-16)22-11-18-24-23-15(2)25(18)3/h5-9,14,17H,10-13H2,1-4H3,(H,21,22). The first-order valence-corrected chi connectivity index (χ1v) is 9.49. The number of ether oxygens (including phenoxy) is 1. The van der Waals surface area contributed by atoms with Crippen molar-refractivity contribution >= 4 is 11.9 Å². The largest absolute Gasteiger partial charge is 0.469 e. The molecule has 0 radical (unpaired) electrons. The summed E-state index contributed by atoms with van der Waals surface area (Å²) in [5, 5.41) is 11.7. The maximum absolute atomic E-state index is 12.1. The van der Waals surface area contributed by atoms with Crippen molar-refractivity contribution in [2.24, 2.45) is 23.9 Å². The van der Waals surface area contributed by atoms with Gasteiger partial charge in [-0.2, -0.15) is 0 Å². The number of nitrogens with one attached hydrogen (secondary N) is 1. The SMILES string of the molecule is COC(=O)C1CN(C(=NCc2ccccc2)NCc2nnc(C)n2C)CC1C. The Morgan fingerprint density at radius 3 is 2.68 bits per heavy atom. The molecule has 1 aromatic heterocycles. The number of hydrogen-bond acceptors (Lipinski definition) is 5. The fourth-order valence-electron chi connectivity index (χ4n) is 3.38. The molecule has 3 rings (SSSR count). The molecule has 8 nitrogen and oxygen atoms in total. The van der Waals surface area contributed by atoms with Gasteiger partial charge in [-0.25, -0.2) is 4.99 Å². The van der Waals surface area contributed by atoms with Crippen molar-refractivity contribution in [3.8, 4) is 0 Å². The summed E-state index contributed by atoms with van der Waals surface area (Å²) >= 11 is 0. The predicted octanol–water partition coefficient (Wildman–Crippen LogP) is 1.51. The normalized spacial score (nSPS) is 19.7. The molecule has 28 heavy (non-hydrogen) atoms. The summed E-state index contributed by atoms with van der Waals surface area (Å²) in [5.74, 6) is 2.35. The first-order valence-electron chi connectivity index (χ1n) is 9.49. The lowest BCUT2D eigenvalue weighted by Crippen LogP contribution is -2.40. The number of carbonyl (C=O) groups excluding carboxylic acids is 1. The van der Waals surface area contributed by atoms with E-state index in [4.69, 9.17) is 9.73 Å². The van der Waals surface area contributed by atoms with Crippen LogP contribution in [-0.2, 0) is 29.7 Å². The number of aliphatic imine (C=N–C) groups is 1. The molecule has 0 amide bonds. The van der Waals surface area contributed by atoms with Gasteiger partial charge in [0.25, 0.3) is 0 Å². The minimum Gasteiger partial charge on any atom is -0.469 e. The van der Waals surface area contributed by atoms with E-state index in [0.717, 1.165) is 29.7 Å². The van der Waals surface area contributed by atoms with Crippen LogP contribution in [-0.4, -0.2) is 51.8 Å². The number of nitrogens with zero attached hydrogens (tertiary/aromatic N) is 5. The van der Waals surface area contributed by atoms with Crippen LogP contribution in [0, 0.1) is 18.8 Å². The second-order valence-corrected chi connectivity index (χ2v) is 7.21. The van der Waals surface area contributed by atoms with Crippen LogP contribution in [0.4, 0.5) is 0 Å². The van der Waals surface area contributed by atoms with Crippen LogP contribution in [0.2, 0.25) is 0 Å². The second-order valence-electron chi connectivity index (χ2n) is 7.21. The molecule has 2 aromatic rings. The van der Waals surface area contributed by atoms with E-state index in [0.29, 0.717) is 19.6 Å². The van der Waals surface area contributed by atoms with Gasteiger partial charge in [0.1, 0.15) is 5.82 Å². The Balaban J connectivity index is 1.76. The maximum atomic E-state index is 12.1. The molecule has 1 saturated heterocycles. The summed E-state index contributed by atoms with van der Waals surface area (Å²) in [6.45, 7) is 6.41. The molecule has 0 aliphatic carbocycles. The van der Waals surface area contributed by atoms with E-state index in [9.17, 15) is 4.79 Å². The second kappa shape index (κ2) is 8.86. The zero-order valence-electron chi connectivity index (χ0n) is 16.9. The van der Waals surface area contributed by atoms with Gasteiger partial charge in [0, 0.05) is 20.1 Å². The lowest BCUT2D eigenvalue weighted by atomic mass is 9.99. The topological polar surface area (TPSA) is 84.6 Å². The highest BCUT2D eigenvalue weighted by molar-refractivity contribution is 5.82. The van der Waals surface area contributed by atoms with Crippen molar-refractivity contribution in [2.75, 3.05) is 20.2 Å². The first-order chi connectivity index (χ1) is 13.5. The van der Waals surface area contributed by atoms with E-state index in [1.165, 1.54) is 7.11 Å². The Kier molecular flexibility index (Phi) is 6.28. The van der Waals surface area contributed by atoms with Crippen LogP contribution in [0.3, 0.4) is 0 Å². The summed E-state index contributed by atoms with van der Waals surface area (Å²) in [6.07, 6.45) is 0. The molecular formula is C20H28N6O2. The molecule has 1 aliphatic rings. The van der Waals surface area contributed by atoms with E-state index in [1.807, 2.05) is 36.7 Å². The monoisotopic (exact) mass is 384 g/mol. The van der Waals surface area contributed by atoms with Crippen molar-refractivity contribution in [2.45, 2.75) is 26.9 Å². The fourth-order valence-corrected chi connectivity index (χ4v) is 3.38. The zero-order chi connectivity index (χ0) is 20.1. The van der Waals surface area contributed by atoms with E-state index >= 15 is 0 Å². The Morgan fingerprint density at radius 2 is 2.04 bits per heavy atom. The third-order valence-corrected chi connectivity index (χ3v) is 5.26. The van der Waals surface area contributed by atoms with Gasteiger partial charge in [-0.05, 0) is 18.4 Å². The third kappa shape index (κ3) is 4.49. The van der Waals surface area contributed by atoms with Gasteiger partial charge in [-0.1, -0.05) is 37.3 Å². The van der Waals surface area contributed by atoms with Crippen LogP contribution in [0.25, 0.3) is 0 Å². The molecule has 0 saturated carbocycles. The molecule has 2 heterocycles. The molecule has 8 heteroatoms. The fraction of sp³-hybridized carbons (Fsp3) is 0.500. The number of rotatable bonds is 5. The van der Waals surface area contributed by atoms with E-state index < -0.39 is 0 Å². The van der Waals surface area contributed by atoms with Crippen LogP contribution in [0.1, 0.15) is 24.1 Å². The number of likely N-dealkylation sites (tertiary alicyclic amines) is 1. The summed E-state index contributed by atoms with van der Waals surface area (Å²) in [4.78, 5) is 19.0. The van der Waals surface area contributed by atoms with E-state index in [1.54, 1.807) is 0 Å². The lowest BCUT2D eigenvalue weighted by Gasteiger charge is -2.22. The van der Waals surface area contributed by atoms with Gasteiger partial charge in [0.2, 0.25) is 0 Å².